The van der Waals surface area contributed by atoms with Crippen LogP contribution in [0.5, 0.6) is 11.5 Å². The van der Waals surface area contributed by atoms with Crippen LogP contribution >= 0.6 is 0 Å². The van der Waals surface area contributed by atoms with Crippen molar-refractivity contribution in [1.29, 1.82) is 0 Å². The highest BCUT2D eigenvalue weighted by Crippen LogP contribution is 2.17. The number of ether oxygens (including phenoxy) is 3. The molecule has 5 nitrogen and oxygen atoms in total. The van der Waals surface area contributed by atoms with Gasteiger partial charge in [0, 0.05) is 7.11 Å². The van der Waals surface area contributed by atoms with Crippen LogP contribution in [0.3, 0.4) is 0 Å². The molecule has 0 saturated carbocycles. The summed E-state index contributed by atoms with van der Waals surface area (Å²) in [5.41, 5.74) is 0. The van der Waals surface area contributed by atoms with Crippen LogP contribution < -0.4 is 9.47 Å². The third kappa shape index (κ3) is 3.32. The second kappa shape index (κ2) is 5.08. The van der Waals surface area contributed by atoms with Gasteiger partial charge in [0.1, 0.15) is 11.5 Å². The first kappa shape index (κ1) is 10.3. The van der Waals surface area contributed by atoms with Crippen molar-refractivity contribution in [3.05, 3.63) is 24.3 Å². The van der Waals surface area contributed by atoms with Crippen molar-refractivity contribution >= 4 is 6.16 Å². The lowest BCUT2D eigenvalue weighted by Crippen LogP contribution is -2.03. The molecule has 1 aromatic rings. The van der Waals surface area contributed by atoms with Crippen LogP contribution in [-0.4, -0.2) is 25.2 Å². The summed E-state index contributed by atoms with van der Waals surface area (Å²) >= 11 is 0. The van der Waals surface area contributed by atoms with E-state index < -0.39 is 6.16 Å². The highest BCUT2D eigenvalue weighted by atomic mass is 16.7. The van der Waals surface area contributed by atoms with E-state index in [1.165, 1.54) is 19.2 Å². The van der Waals surface area contributed by atoms with E-state index in [0.717, 1.165) is 0 Å². The summed E-state index contributed by atoms with van der Waals surface area (Å²) in [7, 11) is 1.52. The summed E-state index contributed by atoms with van der Waals surface area (Å²) in [4.78, 5) is 10.2. The van der Waals surface area contributed by atoms with Crippen LogP contribution in [0, 0.1) is 0 Å². The minimum Gasteiger partial charge on any atom is -0.468 e. The number of benzene rings is 1. The van der Waals surface area contributed by atoms with E-state index in [1.807, 2.05) is 0 Å². The molecule has 0 saturated heterocycles. The fraction of sp³-hybridized carbons (Fsp3) is 0.222. The molecule has 0 fully saturated rings. The first-order valence-electron chi connectivity index (χ1n) is 3.85. The van der Waals surface area contributed by atoms with Gasteiger partial charge in [0.2, 0.25) is 0 Å². The highest BCUT2D eigenvalue weighted by Gasteiger charge is 2.00. The van der Waals surface area contributed by atoms with Crippen LogP contribution in [0.1, 0.15) is 0 Å². The predicted molar refractivity (Wildman–Crippen MR) is 47.6 cm³/mol. The van der Waals surface area contributed by atoms with E-state index in [-0.39, 0.29) is 12.5 Å². The van der Waals surface area contributed by atoms with Crippen molar-refractivity contribution in [3.8, 4) is 11.5 Å². The molecule has 0 heterocycles. The van der Waals surface area contributed by atoms with E-state index >= 15 is 0 Å². The van der Waals surface area contributed by atoms with E-state index in [4.69, 9.17) is 14.6 Å². The molecular formula is C9H10O5. The Morgan fingerprint density at radius 3 is 2.36 bits per heavy atom. The van der Waals surface area contributed by atoms with E-state index in [2.05, 4.69) is 4.74 Å². The lowest BCUT2D eigenvalue weighted by molar-refractivity contribution is 0.0510. The van der Waals surface area contributed by atoms with Crippen molar-refractivity contribution in [2.24, 2.45) is 0 Å². The summed E-state index contributed by atoms with van der Waals surface area (Å²) in [5, 5.41) is 8.30. The highest BCUT2D eigenvalue weighted by molar-refractivity contribution is 5.61. The number of hydrogen-bond acceptors (Lipinski definition) is 4. The molecule has 0 atom stereocenters. The maximum absolute atomic E-state index is 10.2. The van der Waals surface area contributed by atoms with Gasteiger partial charge in [-0.2, -0.15) is 0 Å². The Hall–Kier alpha value is -1.75. The Balaban J connectivity index is 2.54. The summed E-state index contributed by atoms with van der Waals surface area (Å²) < 4.78 is 14.2. The maximum Gasteiger partial charge on any atom is 0.511 e. The van der Waals surface area contributed by atoms with Gasteiger partial charge in [-0.25, -0.2) is 4.79 Å². The lowest BCUT2D eigenvalue weighted by Gasteiger charge is -2.04. The van der Waals surface area contributed by atoms with Crippen molar-refractivity contribution in [3.63, 3.8) is 0 Å². The number of carboxylic acid groups (broad SMARTS) is 1. The molecule has 5 heteroatoms. The van der Waals surface area contributed by atoms with Crippen LogP contribution in [0.4, 0.5) is 4.79 Å². The Morgan fingerprint density at radius 2 is 1.86 bits per heavy atom. The molecule has 14 heavy (non-hydrogen) atoms. The van der Waals surface area contributed by atoms with Gasteiger partial charge in [-0.15, -0.1) is 0 Å². The molecule has 0 aliphatic rings. The van der Waals surface area contributed by atoms with Crippen molar-refractivity contribution in [2.45, 2.75) is 0 Å². The normalized spacial score (nSPS) is 9.50. The zero-order valence-electron chi connectivity index (χ0n) is 7.60. The van der Waals surface area contributed by atoms with Crippen LogP contribution in [0.2, 0.25) is 0 Å². The first-order valence-corrected chi connectivity index (χ1v) is 3.85. The molecule has 0 aliphatic heterocycles. The fourth-order valence-electron chi connectivity index (χ4n) is 0.832. The van der Waals surface area contributed by atoms with E-state index in [1.54, 1.807) is 12.1 Å². The van der Waals surface area contributed by atoms with Crippen LogP contribution in [0.15, 0.2) is 24.3 Å². The lowest BCUT2D eigenvalue weighted by atomic mass is 10.3. The number of carbonyl (C=O) groups is 1. The number of hydrogen-bond donors (Lipinski definition) is 1. The van der Waals surface area contributed by atoms with Gasteiger partial charge in [-0.1, -0.05) is 0 Å². The fourth-order valence-corrected chi connectivity index (χ4v) is 0.832. The van der Waals surface area contributed by atoms with E-state index in [0.29, 0.717) is 5.75 Å². The molecule has 0 unspecified atom stereocenters. The average Bonchev–Trinajstić information content (AvgIpc) is 2.16. The molecule has 1 rings (SSSR count). The van der Waals surface area contributed by atoms with Gasteiger partial charge < -0.3 is 19.3 Å². The topological polar surface area (TPSA) is 65.0 Å². The third-order valence-electron chi connectivity index (χ3n) is 1.37. The second-order valence-corrected chi connectivity index (χ2v) is 2.39. The first-order chi connectivity index (χ1) is 6.72. The Labute approximate surface area is 80.8 Å². The predicted octanol–water partition coefficient (Wildman–Crippen LogP) is 1.73. The average molecular weight is 198 g/mol. The standard InChI is InChI=1S/C9H10O5/c1-12-6-13-7-2-4-8(5-3-7)14-9(10)11/h2-5H,6H2,1H3,(H,10,11). The van der Waals surface area contributed by atoms with Gasteiger partial charge in [0.25, 0.3) is 0 Å². The Morgan fingerprint density at radius 1 is 1.29 bits per heavy atom. The summed E-state index contributed by atoms with van der Waals surface area (Å²) in [5.74, 6) is 0.840. The Bertz CT molecular complexity index is 293. The van der Waals surface area contributed by atoms with Crippen molar-refractivity contribution in [1.82, 2.24) is 0 Å². The van der Waals surface area contributed by atoms with Gasteiger partial charge >= 0.3 is 6.16 Å². The van der Waals surface area contributed by atoms with E-state index in [9.17, 15) is 4.79 Å². The third-order valence-corrected chi connectivity index (χ3v) is 1.37. The monoisotopic (exact) mass is 198 g/mol. The van der Waals surface area contributed by atoms with Gasteiger partial charge in [0.15, 0.2) is 6.79 Å². The minimum absolute atomic E-state index is 0.152. The zero-order chi connectivity index (χ0) is 10.4. The zero-order valence-corrected chi connectivity index (χ0v) is 7.60. The van der Waals surface area contributed by atoms with Gasteiger partial charge in [-0.3, -0.25) is 0 Å². The molecule has 1 aromatic carbocycles. The molecule has 0 aromatic heterocycles. The number of methoxy groups -OCH3 is 1. The van der Waals surface area contributed by atoms with Crippen LogP contribution in [0.25, 0.3) is 0 Å². The Kier molecular flexibility index (Phi) is 3.75. The second-order valence-electron chi connectivity index (χ2n) is 2.39. The van der Waals surface area contributed by atoms with Gasteiger partial charge in [-0.05, 0) is 24.3 Å². The largest absolute Gasteiger partial charge is 0.511 e. The van der Waals surface area contributed by atoms with Gasteiger partial charge in [0.05, 0.1) is 0 Å². The molecule has 0 amide bonds. The summed E-state index contributed by atoms with van der Waals surface area (Å²) in [6.45, 7) is 0.152. The molecule has 0 radical (unpaired) electrons. The SMILES string of the molecule is COCOc1ccc(OC(=O)O)cc1. The molecule has 1 N–H and O–H groups in total. The smallest absolute Gasteiger partial charge is 0.468 e. The number of rotatable bonds is 4. The molecular weight excluding hydrogens is 188 g/mol. The summed E-state index contributed by atoms with van der Waals surface area (Å²) in [6, 6.07) is 6.19. The maximum atomic E-state index is 10.2. The molecule has 0 aliphatic carbocycles. The molecule has 76 valence electrons. The molecule has 0 spiro atoms. The van der Waals surface area contributed by atoms with Crippen molar-refractivity contribution < 1.29 is 24.1 Å². The minimum atomic E-state index is -1.34. The molecule has 0 bridgehead atoms. The summed E-state index contributed by atoms with van der Waals surface area (Å²) in [6.07, 6.45) is -1.34. The van der Waals surface area contributed by atoms with Crippen LogP contribution in [-0.2, 0) is 4.74 Å². The quantitative estimate of drug-likeness (QED) is 0.453. The van der Waals surface area contributed by atoms with Crippen molar-refractivity contribution in [2.75, 3.05) is 13.9 Å².